The molecule has 0 bridgehead atoms. The van der Waals surface area contributed by atoms with Crippen molar-refractivity contribution in [3.63, 3.8) is 0 Å². The van der Waals surface area contributed by atoms with Gasteiger partial charge in [-0.2, -0.15) is 0 Å². The average molecular weight is 332 g/mol. The summed E-state index contributed by atoms with van der Waals surface area (Å²) in [6.07, 6.45) is 8.57. The first kappa shape index (κ1) is 16.9. The maximum absolute atomic E-state index is 13.0. The molecule has 0 unspecified atom stereocenters. The molecule has 1 N–H and O–H groups in total. The molecule has 4 nitrogen and oxygen atoms in total. The van der Waals surface area contributed by atoms with E-state index in [4.69, 9.17) is 0 Å². The van der Waals surface area contributed by atoms with E-state index in [1.165, 1.54) is 31.4 Å². The second-order valence-corrected chi connectivity index (χ2v) is 6.86. The van der Waals surface area contributed by atoms with Gasteiger partial charge in [-0.15, -0.1) is 0 Å². The van der Waals surface area contributed by atoms with Crippen LogP contribution in [0.15, 0.2) is 24.3 Å². The van der Waals surface area contributed by atoms with Crippen LogP contribution in [0.3, 0.4) is 0 Å². The molecule has 2 fully saturated rings. The zero-order valence-corrected chi connectivity index (χ0v) is 14.0. The third-order valence-electron chi connectivity index (χ3n) is 5.11. The van der Waals surface area contributed by atoms with Gasteiger partial charge in [-0.25, -0.2) is 4.39 Å². The van der Waals surface area contributed by atoms with Gasteiger partial charge in [0.2, 0.25) is 11.8 Å². The molecule has 130 valence electrons. The molecule has 1 saturated heterocycles. The molecule has 5 heteroatoms. The highest BCUT2D eigenvalue weighted by Gasteiger charge is 2.38. The summed E-state index contributed by atoms with van der Waals surface area (Å²) in [5, 5.41) is 3.09. The third-order valence-corrected chi connectivity index (χ3v) is 5.11. The molecule has 1 heterocycles. The van der Waals surface area contributed by atoms with Crippen LogP contribution in [-0.4, -0.2) is 24.4 Å². The van der Waals surface area contributed by atoms with Gasteiger partial charge in [-0.05, 0) is 43.5 Å². The predicted octanol–water partition coefficient (Wildman–Crippen LogP) is 3.41. The normalized spacial score (nSPS) is 23.0. The molecule has 1 aliphatic heterocycles. The highest BCUT2D eigenvalue weighted by molar-refractivity contribution is 6.09. The number of carbonyl (C=O) groups is 2. The summed E-state index contributed by atoms with van der Waals surface area (Å²) in [6, 6.07) is 6.05. The minimum Gasteiger partial charge on any atom is -0.353 e. The Kier molecular flexibility index (Phi) is 5.48. The second kappa shape index (κ2) is 7.77. The van der Waals surface area contributed by atoms with E-state index >= 15 is 0 Å². The summed E-state index contributed by atoms with van der Waals surface area (Å²) >= 11 is 0. The zero-order chi connectivity index (χ0) is 16.9. The van der Waals surface area contributed by atoms with Crippen molar-refractivity contribution >= 4 is 17.5 Å². The van der Waals surface area contributed by atoms with E-state index in [9.17, 15) is 14.0 Å². The van der Waals surface area contributed by atoms with Gasteiger partial charge in [0, 0.05) is 18.3 Å². The Hall–Kier alpha value is -1.91. The number of hydrogen-bond donors (Lipinski definition) is 1. The van der Waals surface area contributed by atoms with Crippen molar-refractivity contribution in [3.8, 4) is 0 Å². The molecule has 0 spiro atoms. The van der Waals surface area contributed by atoms with Gasteiger partial charge in [-0.3, -0.25) is 9.59 Å². The van der Waals surface area contributed by atoms with Gasteiger partial charge in [0.05, 0.1) is 0 Å². The molecule has 24 heavy (non-hydrogen) atoms. The molecule has 0 radical (unpaired) electrons. The Bertz CT molecular complexity index is 580. The molecule has 1 atom stereocenters. The lowest BCUT2D eigenvalue weighted by atomic mass is 9.96. The predicted molar refractivity (Wildman–Crippen MR) is 91.1 cm³/mol. The number of anilines is 1. The molecule has 1 aromatic rings. The minimum atomic E-state index is -0.611. The highest BCUT2D eigenvalue weighted by atomic mass is 19.1. The number of halogens is 1. The van der Waals surface area contributed by atoms with Gasteiger partial charge in [0.1, 0.15) is 11.7 Å². The largest absolute Gasteiger partial charge is 0.353 e. The summed E-state index contributed by atoms with van der Waals surface area (Å²) in [6.45, 7) is 0.507. The lowest BCUT2D eigenvalue weighted by molar-refractivity contribution is -0.132. The quantitative estimate of drug-likeness (QED) is 0.863. The third kappa shape index (κ3) is 3.94. The molecular formula is C19H25FN2O2. The van der Waals surface area contributed by atoms with Crippen molar-refractivity contribution in [2.75, 3.05) is 11.4 Å². The van der Waals surface area contributed by atoms with Crippen LogP contribution in [0.1, 0.15) is 51.4 Å². The molecule has 0 aromatic heterocycles. The van der Waals surface area contributed by atoms with Gasteiger partial charge < -0.3 is 10.2 Å². The van der Waals surface area contributed by atoms with E-state index in [-0.39, 0.29) is 23.7 Å². The van der Waals surface area contributed by atoms with Crippen molar-refractivity contribution in [2.45, 2.75) is 57.4 Å². The number of hydrogen-bond acceptors (Lipinski definition) is 2. The van der Waals surface area contributed by atoms with Crippen molar-refractivity contribution in [3.05, 3.63) is 30.1 Å². The van der Waals surface area contributed by atoms with Crippen LogP contribution in [0, 0.1) is 11.7 Å². The van der Waals surface area contributed by atoms with E-state index in [0.717, 1.165) is 25.7 Å². The summed E-state index contributed by atoms with van der Waals surface area (Å²) in [7, 11) is 0. The van der Waals surface area contributed by atoms with E-state index in [1.807, 2.05) is 0 Å². The van der Waals surface area contributed by atoms with Crippen molar-refractivity contribution < 1.29 is 14.0 Å². The number of nitrogens with zero attached hydrogens (tertiary/aromatic N) is 1. The molecule has 2 amide bonds. The van der Waals surface area contributed by atoms with Crippen LogP contribution in [-0.2, 0) is 9.59 Å². The van der Waals surface area contributed by atoms with Crippen molar-refractivity contribution in [1.29, 1.82) is 0 Å². The van der Waals surface area contributed by atoms with Gasteiger partial charge in [-0.1, -0.05) is 32.1 Å². The lowest BCUT2D eigenvalue weighted by Gasteiger charge is -2.22. The van der Waals surface area contributed by atoms with Gasteiger partial charge >= 0.3 is 0 Å². The Balaban J connectivity index is 1.59. The summed E-state index contributed by atoms with van der Waals surface area (Å²) in [5.41, 5.74) is 0.655. The Morgan fingerprint density at radius 3 is 2.29 bits per heavy atom. The fraction of sp³-hybridized carbons (Fsp3) is 0.579. The number of amides is 2. The number of rotatable bonds is 3. The molecule has 3 rings (SSSR count). The maximum Gasteiger partial charge on any atom is 0.239 e. The Labute approximate surface area is 142 Å². The van der Waals surface area contributed by atoms with Crippen molar-refractivity contribution in [1.82, 2.24) is 5.32 Å². The first-order valence-corrected chi connectivity index (χ1v) is 9.02. The fourth-order valence-electron chi connectivity index (χ4n) is 3.70. The SMILES string of the molecule is O=C(NC1CCCCCCC1)[C@@H]1CCN(c2ccc(F)cc2)C1=O. The Morgan fingerprint density at radius 1 is 1.00 bits per heavy atom. The van der Waals surface area contributed by atoms with Crippen LogP contribution in [0.5, 0.6) is 0 Å². The van der Waals surface area contributed by atoms with E-state index in [2.05, 4.69) is 5.32 Å². The van der Waals surface area contributed by atoms with Crippen LogP contribution < -0.4 is 10.2 Å². The van der Waals surface area contributed by atoms with E-state index in [0.29, 0.717) is 18.7 Å². The molecule has 1 saturated carbocycles. The molecular weight excluding hydrogens is 307 g/mol. The molecule has 2 aliphatic rings. The smallest absolute Gasteiger partial charge is 0.239 e. The van der Waals surface area contributed by atoms with Crippen LogP contribution in [0.4, 0.5) is 10.1 Å². The first-order chi connectivity index (χ1) is 11.6. The summed E-state index contributed by atoms with van der Waals surface area (Å²) in [4.78, 5) is 26.7. The topological polar surface area (TPSA) is 49.4 Å². The van der Waals surface area contributed by atoms with Gasteiger partial charge in [0.15, 0.2) is 0 Å². The summed E-state index contributed by atoms with van der Waals surface area (Å²) in [5.74, 6) is -1.26. The van der Waals surface area contributed by atoms with E-state index < -0.39 is 5.92 Å². The lowest BCUT2D eigenvalue weighted by Crippen LogP contribution is -2.42. The zero-order valence-electron chi connectivity index (χ0n) is 14.0. The maximum atomic E-state index is 13.0. The summed E-state index contributed by atoms with van der Waals surface area (Å²) < 4.78 is 13.0. The monoisotopic (exact) mass is 332 g/mol. The van der Waals surface area contributed by atoms with Crippen LogP contribution >= 0.6 is 0 Å². The second-order valence-electron chi connectivity index (χ2n) is 6.86. The van der Waals surface area contributed by atoms with Crippen LogP contribution in [0.2, 0.25) is 0 Å². The number of nitrogens with one attached hydrogen (secondary N) is 1. The standard InChI is InChI=1S/C19H25FN2O2/c20-14-8-10-16(11-9-14)22-13-12-17(19(22)24)18(23)21-15-6-4-2-1-3-5-7-15/h8-11,15,17H,1-7,12-13H2,(H,21,23)/t17-/m0/s1. The molecule has 1 aliphatic carbocycles. The average Bonchev–Trinajstić information content (AvgIpc) is 2.92. The Morgan fingerprint density at radius 2 is 1.62 bits per heavy atom. The number of carbonyl (C=O) groups excluding carboxylic acids is 2. The number of benzene rings is 1. The van der Waals surface area contributed by atoms with Crippen LogP contribution in [0.25, 0.3) is 0 Å². The fourth-order valence-corrected chi connectivity index (χ4v) is 3.70. The first-order valence-electron chi connectivity index (χ1n) is 9.02. The van der Waals surface area contributed by atoms with Gasteiger partial charge in [0.25, 0.3) is 0 Å². The van der Waals surface area contributed by atoms with E-state index in [1.54, 1.807) is 17.0 Å². The van der Waals surface area contributed by atoms with Crippen molar-refractivity contribution in [2.24, 2.45) is 5.92 Å². The highest BCUT2D eigenvalue weighted by Crippen LogP contribution is 2.26. The molecule has 1 aromatic carbocycles. The minimum absolute atomic E-state index is 0.143.